The minimum absolute atomic E-state index is 0.253. The highest BCUT2D eigenvalue weighted by Gasteiger charge is 2.58. The van der Waals surface area contributed by atoms with Crippen LogP contribution >= 0.6 is 0 Å². The van der Waals surface area contributed by atoms with Gasteiger partial charge in [-0.25, -0.2) is 0 Å². The van der Waals surface area contributed by atoms with E-state index in [2.05, 4.69) is 26.1 Å². The second-order valence-corrected chi connectivity index (χ2v) is 6.20. The molecule has 0 aromatic heterocycles. The van der Waals surface area contributed by atoms with Crippen molar-refractivity contribution in [2.75, 3.05) is 6.54 Å². The van der Waals surface area contributed by atoms with Crippen LogP contribution in [0.25, 0.3) is 0 Å². The third-order valence-corrected chi connectivity index (χ3v) is 4.75. The number of hydrogen-bond acceptors (Lipinski definition) is 2. The van der Waals surface area contributed by atoms with Gasteiger partial charge >= 0.3 is 0 Å². The Labute approximate surface area is 91.8 Å². The third kappa shape index (κ3) is 1.57. The summed E-state index contributed by atoms with van der Waals surface area (Å²) >= 11 is 0. The molecule has 2 saturated carbocycles. The lowest BCUT2D eigenvalue weighted by Gasteiger charge is -2.43. The van der Waals surface area contributed by atoms with Crippen molar-refractivity contribution in [1.29, 1.82) is 0 Å². The van der Waals surface area contributed by atoms with E-state index in [0.717, 1.165) is 5.92 Å². The topological polar surface area (TPSA) is 55.1 Å². The molecule has 15 heavy (non-hydrogen) atoms. The first-order chi connectivity index (χ1) is 6.86. The van der Waals surface area contributed by atoms with Crippen molar-refractivity contribution in [1.82, 2.24) is 5.32 Å². The number of primary amides is 1. The minimum atomic E-state index is -0.253. The summed E-state index contributed by atoms with van der Waals surface area (Å²) in [5.41, 5.74) is 5.89. The molecule has 0 spiro atoms. The standard InChI is InChI=1S/C12H22N2O/c1-11(2)8-4-5-12(3,6-8)10(11)14-7-9(13)15/h8,10,14H,4-7H2,1-3H3,(H2,13,15)/t8-,10?,12+/m0/s1. The maximum absolute atomic E-state index is 10.8. The summed E-state index contributed by atoms with van der Waals surface area (Å²) in [6.07, 6.45) is 3.94. The van der Waals surface area contributed by atoms with E-state index in [1.54, 1.807) is 0 Å². The number of rotatable bonds is 3. The Balaban J connectivity index is 2.12. The molecule has 3 N–H and O–H groups in total. The largest absolute Gasteiger partial charge is 0.369 e. The van der Waals surface area contributed by atoms with E-state index in [9.17, 15) is 4.79 Å². The van der Waals surface area contributed by atoms with Crippen LogP contribution in [0, 0.1) is 16.7 Å². The molecular formula is C12H22N2O. The fourth-order valence-corrected chi connectivity index (χ4v) is 4.01. The molecule has 86 valence electrons. The number of carbonyl (C=O) groups excluding carboxylic acids is 1. The van der Waals surface area contributed by atoms with Gasteiger partial charge in [0.05, 0.1) is 6.54 Å². The molecule has 0 saturated heterocycles. The highest BCUT2D eigenvalue weighted by atomic mass is 16.1. The van der Waals surface area contributed by atoms with Crippen molar-refractivity contribution in [3.05, 3.63) is 0 Å². The van der Waals surface area contributed by atoms with Gasteiger partial charge in [0.1, 0.15) is 0 Å². The summed E-state index contributed by atoms with van der Waals surface area (Å²) in [5, 5.41) is 3.37. The van der Waals surface area contributed by atoms with Gasteiger partial charge in [0, 0.05) is 6.04 Å². The summed E-state index contributed by atoms with van der Waals surface area (Å²) in [5.74, 6) is 0.560. The maximum Gasteiger partial charge on any atom is 0.231 e. The van der Waals surface area contributed by atoms with Crippen LogP contribution in [-0.2, 0) is 4.79 Å². The van der Waals surface area contributed by atoms with Gasteiger partial charge in [-0.2, -0.15) is 0 Å². The van der Waals surface area contributed by atoms with Gasteiger partial charge in [-0.05, 0) is 36.0 Å². The fraction of sp³-hybridized carbons (Fsp3) is 0.917. The molecular weight excluding hydrogens is 188 g/mol. The van der Waals surface area contributed by atoms with Crippen LogP contribution in [0.1, 0.15) is 40.0 Å². The molecule has 2 fully saturated rings. The van der Waals surface area contributed by atoms with Crippen molar-refractivity contribution in [3.63, 3.8) is 0 Å². The van der Waals surface area contributed by atoms with Gasteiger partial charge in [0.2, 0.25) is 5.91 Å². The molecule has 0 aliphatic heterocycles. The van der Waals surface area contributed by atoms with Crippen LogP contribution in [0.4, 0.5) is 0 Å². The van der Waals surface area contributed by atoms with E-state index in [1.807, 2.05) is 0 Å². The molecule has 0 aromatic carbocycles. The second kappa shape index (κ2) is 3.21. The second-order valence-electron chi connectivity index (χ2n) is 6.20. The fourth-order valence-electron chi connectivity index (χ4n) is 4.01. The van der Waals surface area contributed by atoms with Gasteiger partial charge in [0.25, 0.3) is 0 Å². The zero-order chi connectivity index (χ0) is 11.3. The zero-order valence-corrected chi connectivity index (χ0v) is 9.97. The van der Waals surface area contributed by atoms with Crippen LogP contribution in [0.15, 0.2) is 0 Å². The molecule has 3 nitrogen and oxygen atoms in total. The van der Waals surface area contributed by atoms with E-state index < -0.39 is 0 Å². The van der Waals surface area contributed by atoms with Crippen LogP contribution in [0.2, 0.25) is 0 Å². The van der Waals surface area contributed by atoms with Crippen molar-refractivity contribution < 1.29 is 4.79 Å². The molecule has 2 bridgehead atoms. The van der Waals surface area contributed by atoms with Crippen molar-refractivity contribution in [2.24, 2.45) is 22.5 Å². The molecule has 2 rings (SSSR count). The smallest absolute Gasteiger partial charge is 0.231 e. The maximum atomic E-state index is 10.8. The SMILES string of the molecule is CC1(C)C(NCC(N)=O)[C@]2(C)CC[C@H]1C2. The monoisotopic (exact) mass is 210 g/mol. The van der Waals surface area contributed by atoms with Crippen LogP contribution in [0.3, 0.4) is 0 Å². The Kier molecular flexibility index (Phi) is 2.34. The number of nitrogens with one attached hydrogen (secondary N) is 1. The summed E-state index contributed by atoms with van der Waals surface area (Å²) < 4.78 is 0. The predicted octanol–water partition coefficient (Wildman–Crippen LogP) is 1.28. The number of amides is 1. The molecule has 0 radical (unpaired) electrons. The average Bonchev–Trinajstić information content (AvgIpc) is 2.54. The van der Waals surface area contributed by atoms with Crippen molar-refractivity contribution >= 4 is 5.91 Å². The first-order valence-corrected chi connectivity index (χ1v) is 5.88. The molecule has 1 unspecified atom stereocenters. The third-order valence-electron chi connectivity index (χ3n) is 4.75. The van der Waals surface area contributed by atoms with Gasteiger partial charge in [-0.3, -0.25) is 4.79 Å². The van der Waals surface area contributed by atoms with E-state index in [-0.39, 0.29) is 5.91 Å². The summed E-state index contributed by atoms with van der Waals surface area (Å²) in [4.78, 5) is 10.8. The van der Waals surface area contributed by atoms with Gasteiger partial charge in [0.15, 0.2) is 0 Å². The summed E-state index contributed by atoms with van der Waals surface area (Å²) in [7, 11) is 0. The van der Waals surface area contributed by atoms with Crippen molar-refractivity contribution in [2.45, 2.75) is 46.1 Å². The van der Waals surface area contributed by atoms with Crippen LogP contribution in [-0.4, -0.2) is 18.5 Å². The molecule has 0 heterocycles. The molecule has 3 heteroatoms. The molecule has 0 aromatic rings. The molecule has 3 atom stereocenters. The lowest BCUT2D eigenvalue weighted by molar-refractivity contribution is -0.117. The lowest BCUT2D eigenvalue weighted by Crippen LogP contribution is -2.52. The Hall–Kier alpha value is -0.570. The Morgan fingerprint density at radius 3 is 2.60 bits per heavy atom. The minimum Gasteiger partial charge on any atom is -0.369 e. The lowest BCUT2D eigenvalue weighted by atomic mass is 9.68. The number of carbonyl (C=O) groups is 1. The first-order valence-electron chi connectivity index (χ1n) is 5.88. The molecule has 2 aliphatic rings. The Morgan fingerprint density at radius 2 is 2.13 bits per heavy atom. The molecule has 2 aliphatic carbocycles. The number of nitrogens with two attached hydrogens (primary N) is 1. The number of hydrogen-bond donors (Lipinski definition) is 2. The van der Waals surface area contributed by atoms with E-state index >= 15 is 0 Å². The summed E-state index contributed by atoms with van der Waals surface area (Å²) in [6.45, 7) is 7.30. The van der Waals surface area contributed by atoms with Crippen LogP contribution < -0.4 is 11.1 Å². The first kappa shape index (κ1) is 10.9. The zero-order valence-electron chi connectivity index (χ0n) is 9.97. The van der Waals surface area contributed by atoms with E-state index in [1.165, 1.54) is 19.3 Å². The highest BCUT2D eigenvalue weighted by molar-refractivity contribution is 5.75. The highest BCUT2D eigenvalue weighted by Crippen LogP contribution is 2.62. The van der Waals surface area contributed by atoms with E-state index in [4.69, 9.17) is 5.73 Å². The number of fused-ring (bicyclic) bond motifs is 2. The summed E-state index contributed by atoms with van der Waals surface area (Å²) in [6, 6.07) is 0.441. The predicted molar refractivity (Wildman–Crippen MR) is 60.2 cm³/mol. The Morgan fingerprint density at radius 1 is 1.47 bits per heavy atom. The average molecular weight is 210 g/mol. The van der Waals surface area contributed by atoms with Crippen LogP contribution in [0.5, 0.6) is 0 Å². The van der Waals surface area contributed by atoms with Gasteiger partial charge in [-0.15, -0.1) is 0 Å². The normalized spacial score (nSPS) is 42.1. The molecule has 1 amide bonds. The van der Waals surface area contributed by atoms with E-state index in [0.29, 0.717) is 23.4 Å². The quantitative estimate of drug-likeness (QED) is 0.737. The Bertz CT molecular complexity index is 283. The van der Waals surface area contributed by atoms with Crippen molar-refractivity contribution in [3.8, 4) is 0 Å². The van der Waals surface area contributed by atoms with Gasteiger partial charge in [-0.1, -0.05) is 20.8 Å². The van der Waals surface area contributed by atoms with Gasteiger partial charge < -0.3 is 11.1 Å².